The van der Waals surface area contributed by atoms with Gasteiger partial charge in [0, 0.05) is 16.6 Å². The van der Waals surface area contributed by atoms with Gasteiger partial charge in [-0.15, -0.1) is 0 Å². The number of rotatable bonds is 3. The van der Waals surface area contributed by atoms with Crippen LogP contribution in [-0.2, 0) is 6.54 Å². The molecule has 1 aliphatic rings. The molecule has 1 fully saturated rings. The first-order valence-corrected chi connectivity index (χ1v) is 7.84. The predicted octanol–water partition coefficient (Wildman–Crippen LogP) is 4.50. The summed E-state index contributed by atoms with van der Waals surface area (Å²) in [5, 5.41) is 0. The summed E-state index contributed by atoms with van der Waals surface area (Å²) in [6.07, 6.45) is 3.85. The fraction of sp³-hybridized carbons (Fsp3) is 0.625. The minimum Gasteiger partial charge on any atom is -0.490 e. The first-order chi connectivity index (χ1) is 8.89. The van der Waals surface area contributed by atoms with E-state index in [1.807, 2.05) is 18.2 Å². The van der Waals surface area contributed by atoms with Gasteiger partial charge in [-0.1, -0.05) is 42.8 Å². The van der Waals surface area contributed by atoms with Crippen molar-refractivity contribution in [3.05, 3.63) is 28.2 Å². The monoisotopic (exact) mass is 325 g/mol. The molecule has 2 N–H and O–H groups in total. The summed E-state index contributed by atoms with van der Waals surface area (Å²) in [7, 11) is 0. The van der Waals surface area contributed by atoms with Crippen LogP contribution < -0.4 is 10.5 Å². The fourth-order valence-electron chi connectivity index (χ4n) is 3.33. The third-order valence-corrected chi connectivity index (χ3v) is 4.38. The largest absolute Gasteiger partial charge is 0.490 e. The van der Waals surface area contributed by atoms with E-state index in [1.54, 1.807) is 0 Å². The molecule has 1 aromatic rings. The predicted molar refractivity (Wildman–Crippen MR) is 83.2 cm³/mol. The number of halogens is 1. The quantitative estimate of drug-likeness (QED) is 0.887. The summed E-state index contributed by atoms with van der Waals surface area (Å²) in [6.45, 7) is 7.52. The number of hydrogen-bond acceptors (Lipinski definition) is 2. The van der Waals surface area contributed by atoms with Crippen molar-refractivity contribution in [3.8, 4) is 5.75 Å². The Morgan fingerprint density at radius 2 is 2.11 bits per heavy atom. The summed E-state index contributed by atoms with van der Waals surface area (Å²) < 4.78 is 7.30. The molecule has 19 heavy (non-hydrogen) atoms. The van der Waals surface area contributed by atoms with Gasteiger partial charge in [-0.2, -0.15) is 0 Å². The molecule has 1 aliphatic carbocycles. The van der Waals surface area contributed by atoms with Gasteiger partial charge in [0.25, 0.3) is 0 Å². The van der Waals surface area contributed by atoms with Gasteiger partial charge >= 0.3 is 0 Å². The van der Waals surface area contributed by atoms with Crippen LogP contribution in [0.15, 0.2) is 22.7 Å². The third-order valence-electron chi connectivity index (χ3n) is 3.89. The van der Waals surface area contributed by atoms with Gasteiger partial charge < -0.3 is 10.5 Å². The van der Waals surface area contributed by atoms with Crippen LogP contribution in [0.5, 0.6) is 5.75 Å². The van der Waals surface area contributed by atoms with Gasteiger partial charge in [0.1, 0.15) is 5.75 Å². The van der Waals surface area contributed by atoms with Crippen molar-refractivity contribution in [1.82, 2.24) is 0 Å². The Morgan fingerprint density at radius 3 is 2.74 bits per heavy atom. The average molecular weight is 326 g/mol. The molecule has 0 bridgehead atoms. The van der Waals surface area contributed by atoms with Crippen molar-refractivity contribution in [1.29, 1.82) is 0 Å². The van der Waals surface area contributed by atoms with E-state index >= 15 is 0 Å². The van der Waals surface area contributed by atoms with E-state index in [2.05, 4.69) is 36.7 Å². The van der Waals surface area contributed by atoms with E-state index in [0.717, 1.165) is 34.5 Å². The van der Waals surface area contributed by atoms with Crippen molar-refractivity contribution in [2.75, 3.05) is 0 Å². The highest BCUT2D eigenvalue weighted by molar-refractivity contribution is 9.10. The Balaban J connectivity index is 2.14. The highest BCUT2D eigenvalue weighted by Gasteiger charge is 2.33. The zero-order valence-electron chi connectivity index (χ0n) is 12.1. The van der Waals surface area contributed by atoms with E-state index in [1.165, 1.54) is 6.42 Å². The number of hydrogen-bond donors (Lipinski definition) is 1. The van der Waals surface area contributed by atoms with Crippen molar-refractivity contribution in [3.63, 3.8) is 0 Å². The second kappa shape index (κ2) is 5.84. The normalized spacial score (nSPS) is 26.2. The molecule has 0 saturated heterocycles. The Labute approximate surface area is 124 Å². The summed E-state index contributed by atoms with van der Waals surface area (Å²) >= 11 is 3.50. The van der Waals surface area contributed by atoms with Crippen LogP contribution in [-0.4, -0.2) is 6.10 Å². The lowest BCUT2D eigenvalue weighted by Crippen LogP contribution is -2.34. The molecule has 0 aliphatic heterocycles. The van der Waals surface area contributed by atoms with Crippen LogP contribution in [0.25, 0.3) is 0 Å². The smallest absolute Gasteiger partial charge is 0.125 e. The zero-order valence-corrected chi connectivity index (χ0v) is 13.7. The minimum absolute atomic E-state index is 0.304. The summed E-state index contributed by atoms with van der Waals surface area (Å²) in [5.41, 5.74) is 7.25. The Kier molecular flexibility index (Phi) is 4.57. The van der Waals surface area contributed by atoms with Crippen LogP contribution in [0.2, 0.25) is 0 Å². The van der Waals surface area contributed by atoms with E-state index in [4.69, 9.17) is 10.5 Å². The second-order valence-electron chi connectivity index (χ2n) is 6.61. The molecule has 2 nitrogen and oxygen atoms in total. The molecule has 2 rings (SSSR count). The first-order valence-electron chi connectivity index (χ1n) is 7.05. The van der Waals surface area contributed by atoms with Gasteiger partial charge in [0.2, 0.25) is 0 Å². The van der Waals surface area contributed by atoms with E-state index in [9.17, 15) is 0 Å². The molecule has 0 aromatic heterocycles. The summed E-state index contributed by atoms with van der Waals surface area (Å²) in [5.74, 6) is 1.66. The number of nitrogens with two attached hydrogens (primary N) is 1. The summed E-state index contributed by atoms with van der Waals surface area (Å²) in [6, 6.07) is 6.09. The molecule has 2 atom stereocenters. The van der Waals surface area contributed by atoms with Gasteiger partial charge in [-0.3, -0.25) is 0 Å². The van der Waals surface area contributed by atoms with Gasteiger partial charge in [0.15, 0.2) is 0 Å². The van der Waals surface area contributed by atoms with Crippen LogP contribution in [0, 0.1) is 11.3 Å². The standard InChI is InChI=1S/C16H24BrNO/c1-11-6-14(9-16(2,3)8-11)19-15-7-13(17)5-4-12(15)10-18/h4-5,7,11,14H,6,8-10,18H2,1-3H3. The first kappa shape index (κ1) is 14.9. The highest BCUT2D eigenvalue weighted by Crippen LogP contribution is 2.40. The van der Waals surface area contributed by atoms with E-state index in [0.29, 0.717) is 18.1 Å². The molecule has 2 unspecified atom stereocenters. The Hall–Kier alpha value is -0.540. The lowest BCUT2D eigenvalue weighted by atomic mass is 9.71. The SMILES string of the molecule is CC1CC(Oc2cc(Br)ccc2CN)CC(C)(C)C1. The Morgan fingerprint density at radius 1 is 1.37 bits per heavy atom. The Bertz CT molecular complexity index is 444. The fourth-order valence-corrected chi connectivity index (χ4v) is 3.67. The number of ether oxygens (including phenoxy) is 1. The molecule has 1 aromatic carbocycles. The molecular formula is C16H24BrNO. The topological polar surface area (TPSA) is 35.2 Å². The van der Waals surface area contributed by atoms with E-state index < -0.39 is 0 Å². The van der Waals surface area contributed by atoms with Gasteiger partial charge in [-0.05, 0) is 42.7 Å². The maximum atomic E-state index is 6.25. The molecule has 0 heterocycles. The molecule has 0 radical (unpaired) electrons. The van der Waals surface area contributed by atoms with Gasteiger partial charge in [-0.25, -0.2) is 0 Å². The minimum atomic E-state index is 0.304. The third kappa shape index (κ3) is 3.96. The van der Waals surface area contributed by atoms with Crippen molar-refractivity contribution < 1.29 is 4.74 Å². The average Bonchev–Trinajstić information content (AvgIpc) is 2.26. The van der Waals surface area contributed by atoms with Crippen LogP contribution in [0.3, 0.4) is 0 Å². The van der Waals surface area contributed by atoms with Crippen LogP contribution in [0.1, 0.15) is 45.6 Å². The van der Waals surface area contributed by atoms with Crippen LogP contribution >= 0.6 is 15.9 Å². The van der Waals surface area contributed by atoms with E-state index in [-0.39, 0.29) is 0 Å². The lowest BCUT2D eigenvalue weighted by Gasteiger charge is -2.39. The highest BCUT2D eigenvalue weighted by atomic mass is 79.9. The molecule has 3 heteroatoms. The molecule has 1 saturated carbocycles. The zero-order chi connectivity index (χ0) is 14.0. The maximum absolute atomic E-state index is 6.25. The van der Waals surface area contributed by atoms with Gasteiger partial charge in [0.05, 0.1) is 6.10 Å². The van der Waals surface area contributed by atoms with Crippen LogP contribution in [0.4, 0.5) is 0 Å². The number of benzene rings is 1. The second-order valence-corrected chi connectivity index (χ2v) is 7.53. The van der Waals surface area contributed by atoms with Crippen molar-refractivity contribution in [2.24, 2.45) is 17.1 Å². The molecular weight excluding hydrogens is 302 g/mol. The molecule has 0 amide bonds. The molecule has 106 valence electrons. The maximum Gasteiger partial charge on any atom is 0.125 e. The van der Waals surface area contributed by atoms with Crippen molar-refractivity contribution >= 4 is 15.9 Å². The van der Waals surface area contributed by atoms with Crippen molar-refractivity contribution in [2.45, 2.75) is 52.7 Å². The molecule has 0 spiro atoms. The lowest BCUT2D eigenvalue weighted by molar-refractivity contribution is 0.0556. The summed E-state index contributed by atoms with van der Waals surface area (Å²) in [4.78, 5) is 0.